The van der Waals surface area contributed by atoms with Crippen molar-refractivity contribution < 1.29 is 33.4 Å². The molecule has 1 aliphatic heterocycles. The Balaban J connectivity index is 2.05. The molecule has 0 aliphatic carbocycles. The van der Waals surface area contributed by atoms with Crippen molar-refractivity contribution >= 4 is 41.1 Å². The fraction of sp³-hybridized carbons (Fsp3) is 0.421. The fourth-order valence-electron chi connectivity index (χ4n) is 2.76. The van der Waals surface area contributed by atoms with Gasteiger partial charge in [-0.15, -0.1) is 0 Å². The van der Waals surface area contributed by atoms with Crippen LogP contribution in [0.3, 0.4) is 0 Å². The zero-order valence-corrected chi connectivity index (χ0v) is 17.5. The number of ether oxygens (including phenoxy) is 3. The Labute approximate surface area is 178 Å². The minimum absolute atomic E-state index is 0.00647. The first-order chi connectivity index (χ1) is 14.4. The largest absolute Gasteiger partial charge is 0.465 e. The molecule has 1 fully saturated rings. The molecule has 1 aliphatic rings. The van der Waals surface area contributed by atoms with E-state index in [1.54, 1.807) is 0 Å². The first kappa shape index (κ1) is 23.2. The molecule has 0 saturated carbocycles. The van der Waals surface area contributed by atoms with Gasteiger partial charge in [-0.25, -0.2) is 4.79 Å². The van der Waals surface area contributed by atoms with Gasteiger partial charge in [-0.05, 0) is 30.4 Å². The molecule has 1 atom stereocenters. The lowest BCUT2D eigenvalue weighted by Gasteiger charge is -2.36. The summed E-state index contributed by atoms with van der Waals surface area (Å²) in [7, 11) is 2.72. The maximum atomic E-state index is 12.6. The molecule has 2 N–H and O–H groups in total. The van der Waals surface area contributed by atoms with Crippen molar-refractivity contribution in [3.63, 3.8) is 0 Å². The zero-order chi connectivity index (χ0) is 22.1. The van der Waals surface area contributed by atoms with Gasteiger partial charge in [0.15, 0.2) is 5.11 Å². The number of thiocarbonyl (C=S) groups is 1. The van der Waals surface area contributed by atoms with Crippen LogP contribution in [0, 0.1) is 0 Å². The number of hydrogen-bond donors (Lipinski definition) is 2. The number of esters is 2. The molecule has 162 valence electrons. The molecular weight excluding hydrogens is 414 g/mol. The lowest BCUT2D eigenvalue weighted by atomic mass is 10.1. The Morgan fingerprint density at radius 2 is 1.97 bits per heavy atom. The molecule has 0 spiro atoms. The molecule has 11 heteroatoms. The van der Waals surface area contributed by atoms with Gasteiger partial charge >= 0.3 is 11.9 Å². The summed E-state index contributed by atoms with van der Waals surface area (Å²) < 4.78 is 14.5. The van der Waals surface area contributed by atoms with Gasteiger partial charge in [0, 0.05) is 25.8 Å². The number of hydrogen-bond acceptors (Lipinski definition) is 8. The number of nitrogens with one attached hydrogen (secondary N) is 2. The summed E-state index contributed by atoms with van der Waals surface area (Å²) >= 11 is 5.30. The monoisotopic (exact) mass is 437 g/mol. The Bertz CT molecular complexity index is 830. The second-order valence-electron chi connectivity index (χ2n) is 6.25. The van der Waals surface area contributed by atoms with Crippen molar-refractivity contribution in [1.82, 2.24) is 15.5 Å². The Hall–Kier alpha value is -3.05. The molecule has 30 heavy (non-hydrogen) atoms. The molecule has 2 rings (SSSR count). The van der Waals surface area contributed by atoms with E-state index in [9.17, 15) is 19.2 Å². The van der Waals surface area contributed by atoms with Gasteiger partial charge in [-0.1, -0.05) is 6.07 Å². The maximum Gasteiger partial charge on any atom is 0.337 e. The van der Waals surface area contributed by atoms with Gasteiger partial charge in [0.25, 0.3) is 5.91 Å². The van der Waals surface area contributed by atoms with Crippen LogP contribution in [0.25, 0.3) is 0 Å². The molecule has 0 bridgehead atoms. The highest BCUT2D eigenvalue weighted by atomic mass is 32.1. The van der Waals surface area contributed by atoms with Gasteiger partial charge in [0.2, 0.25) is 5.91 Å². The lowest BCUT2D eigenvalue weighted by Crippen LogP contribution is -2.60. The highest BCUT2D eigenvalue weighted by molar-refractivity contribution is 7.80. The highest BCUT2D eigenvalue weighted by Crippen LogP contribution is 2.12. The van der Waals surface area contributed by atoms with E-state index < -0.39 is 29.8 Å². The smallest absolute Gasteiger partial charge is 0.337 e. The third-order valence-corrected chi connectivity index (χ3v) is 4.61. The molecule has 1 aromatic carbocycles. The molecule has 1 unspecified atom stereocenters. The third kappa shape index (κ3) is 6.22. The number of rotatable bonds is 7. The summed E-state index contributed by atoms with van der Waals surface area (Å²) in [5.41, 5.74) is 0.405. The predicted molar refractivity (Wildman–Crippen MR) is 109 cm³/mol. The number of benzene rings is 1. The average Bonchev–Trinajstić information content (AvgIpc) is 2.74. The summed E-state index contributed by atoms with van der Waals surface area (Å²) in [6, 6.07) is 5.02. The van der Waals surface area contributed by atoms with Crippen molar-refractivity contribution in [2.24, 2.45) is 0 Å². The molecular formula is C19H23N3O7S. The van der Waals surface area contributed by atoms with Gasteiger partial charge in [-0.3, -0.25) is 19.7 Å². The second kappa shape index (κ2) is 11.2. The van der Waals surface area contributed by atoms with Crippen LogP contribution in [-0.2, 0) is 23.8 Å². The maximum absolute atomic E-state index is 12.6. The fourth-order valence-corrected chi connectivity index (χ4v) is 3.07. The third-order valence-electron chi connectivity index (χ3n) is 4.27. The van der Waals surface area contributed by atoms with E-state index in [0.717, 1.165) is 0 Å². The minimum atomic E-state index is -0.914. The Morgan fingerprint density at radius 3 is 2.67 bits per heavy atom. The van der Waals surface area contributed by atoms with Crippen LogP contribution in [0.4, 0.5) is 0 Å². The van der Waals surface area contributed by atoms with Crippen LogP contribution >= 0.6 is 12.2 Å². The highest BCUT2D eigenvalue weighted by Gasteiger charge is 2.34. The first-order valence-corrected chi connectivity index (χ1v) is 9.50. The summed E-state index contributed by atoms with van der Waals surface area (Å²) in [6.07, 6.45) is -0.233. The quantitative estimate of drug-likeness (QED) is 0.341. The van der Waals surface area contributed by atoms with Crippen molar-refractivity contribution in [2.45, 2.75) is 12.5 Å². The number of methoxy groups -OCH3 is 2. The van der Waals surface area contributed by atoms with E-state index in [1.165, 1.54) is 43.4 Å². The zero-order valence-electron chi connectivity index (χ0n) is 16.6. The second-order valence-corrected chi connectivity index (χ2v) is 6.64. The first-order valence-electron chi connectivity index (χ1n) is 9.10. The normalized spacial score (nSPS) is 15.7. The van der Waals surface area contributed by atoms with Gasteiger partial charge in [-0.2, -0.15) is 0 Å². The van der Waals surface area contributed by atoms with Crippen molar-refractivity contribution in [3.8, 4) is 0 Å². The summed E-state index contributed by atoms with van der Waals surface area (Å²) in [4.78, 5) is 50.0. The molecule has 10 nitrogen and oxygen atoms in total. The van der Waals surface area contributed by atoms with Crippen molar-refractivity contribution in [3.05, 3.63) is 35.4 Å². The standard InChI is InChI=1S/C19H23N3O7S/c1-27-8-9-29-15(23)11-14-17(25)20-6-7-22(14)19(30)21-16(24)12-4-3-5-13(10-12)18(26)28-2/h3-5,10,14H,6-9,11H2,1-2H3,(H,20,25)(H,21,24,30). The van der Waals surface area contributed by atoms with Gasteiger partial charge in [0.1, 0.15) is 12.6 Å². The Morgan fingerprint density at radius 1 is 1.23 bits per heavy atom. The Kier molecular flexibility index (Phi) is 8.69. The number of amides is 2. The summed E-state index contributed by atoms with van der Waals surface area (Å²) in [5, 5.41) is 5.20. The predicted octanol–water partition coefficient (Wildman–Crippen LogP) is -0.132. The molecule has 2 amide bonds. The lowest BCUT2D eigenvalue weighted by molar-refractivity contribution is -0.148. The van der Waals surface area contributed by atoms with Crippen LogP contribution in [0.15, 0.2) is 24.3 Å². The van der Waals surface area contributed by atoms with E-state index in [1.807, 2.05) is 0 Å². The van der Waals surface area contributed by atoms with Crippen LogP contribution in [-0.4, -0.2) is 80.3 Å². The van der Waals surface area contributed by atoms with E-state index in [-0.39, 0.29) is 35.9 Å². The topological polar surface area (TPSA) is 123 Å². The van der Waals surface area contributed by atoms with E-state index in [2.05, 4.69) is 15.4 Å². The molecule has 1 aromatic rings. The average molecular weight is 437 g/mol. The van der Waals surface area contributed by atoms with Gasteiger partial charge in [0.05, 0.1) is 25.7 Å². The molecule has 0 radical (unpaired) electrons. The molecule has 1 heterocycles. The number of nitrogens with zero attached hydrogens (tertiary/aromatic N) is 1. The minimum Gasteiger partial charge on any atom is -0.465 e. The van der Waals surface area contributed by atoms with E-state index in [4.69, 9.17) is 21.7 Å². The van der Waals surface area contributed by atoms with Gasteiger partial charge < -0.3 is 24.4 Å². The molecule has 0 aromatic heterocycles. The SMILES string of the molecule is COCCOC(=O)CC1C(=O)NCCN1C(=S)NC(=O)c1cccc(C(=O)OC)c1. The van der Waals surface area contributed by atoms with Crippen molar-refractivity contribution in [1.29, 1.82) is 0 Å². The number of carbonyl (C=O) groups excluding carboxylic acids is 4. The number of piperazine rings is 1. The number of carbonyl (C=O) groups is 4. The van der Waals surface area contributed by atoms with E-state index in [0.29, 0.717) is 13.1 Å². The summed E-state index contributed by atoms with van der Waals surface area (Å²) in [5.74, 6) is -2.11. The van der Waals surface area contributed by atoms with Crippen LogP contribution in [0.1, 0.15) is 27.1 Å². The van der Waals surface area contributed by atoms with Crippen LogP contribution in [0.2, 0.25) is 0 Å². The van der Waals surface area contributed by atoms with Crippen LogP contribution < -0.4 is 10.6 Å². The van der Waals surface area contributed by atoms with E-state index >= 15 is 0 Å². The summed E-state index contributed by atoms with van der Waals surface area (Å²) in [6.45, 7) is 0.928. The molecule has 1 saturated heterocycles. The van der Waals surface area contributed by atoms with Crippen molar-refractivity contribution in [2.75, 3.05) is 40.5 Å². The van der Waals surface area contributed by atoms with Crippen LogP contribution in [0.5, 0.6) is 0 Å².